The third-order valence-corrected chi connectivity index (χ3v) is 2.97. The van der Waals surface area contributed by atoms with Crippen LogP contribution in [0.25, 0.3) is 0 Å². The first kappa shape index (κ1) is 8.16. The Hall–Kier alpha value is -0.450. The Bertz CT molecular complexity index is 255. The van der Waals surface area contributed by atoms with Gasteiger partial charge in [-0.05, 0) is 12.1 Å². The normalized spacial score (nSPS) is 24.2. The number of rotatable bonds is 1. The first-order valence-electron chi connectivity index (χ1n) is 4.05. The van der Waals surface area contributed by atoms with Crippen molar-refractivity contribution < 1.29 is 4.39 Å². The topological polar surface area (TPSA) is 24.1 Å². The molecule has 0 saturated carbocycles. The van der Waals surface area contributed by atoms with Gasteiger partial charge >= 0.3 is 0 Å². The van der Waals surface area contributed by atoms with E-state index in [0.29, 0.717) is 6.04 Å². The second kappa shape index (κ2) is 3.51. The van der Waals surface area contributed by atoms with Crippen molar-refractivity contribution in [2.45, 2.75) is 6.04 Å². The molecule has 1 aliphatic rings. The average molecular weight is 186 g/mol. The van der Waals surface area contributed by atoms with E-state index in [2.05, 4.69) is 10.6 Å². The van der Waals surface area contributed by atoms with Crippen molar-refractivity contribution in [3.63, 3.8) is 0 Å². The van der Waals surface area contributed by atoms with Crippen LogP contribution < -0.4 is 10.6 Å². The van der Waals surface area contributed by atoms with Crippen LogP contribution in [0.3, 0.4) is 0 Å². The lowest BCUT2D eigenvalue weighted by molar-refractivity contribution is 0.435. The van der Waals surface area contributed by atoms with Crippen molar-refractivity contribution in [2.75, 3.05) is 19.6 Å². The van der Waals surface area contributed by atoms with E-state index in [0.717, 1.165) is 24.5 Å². The zero-order valence-electron chi connectivity index (χ0n) is 6.64. The molecular weight excluding hydrogens is 175 g/mol. The molecular formula is C8H11FN2S. The summed E-state index contributed by atoms with van der Waals surface area (Å²) in [6.45, 7) is 2.87. The highest BCUT2D eigenvalue weighted by Crippen LogP contribution is 2.22. The Kier molecular flexibility index (Phi) is 2.39. The van der Waals surface area contributed by atoms with E-state index in [9.17, 15) is 4.39 Å². The maximum Gasteiger partial charge on any atom is 0.176 e. The Labute approximate surface area is 74.8 Å². The molecule has 0 spiro atoms. The molecule has 4 heteroatoms. The van der Waals surface area contributed by atoms with Gasteiger partial charge in [0.15, 0.2) is 5.13 Å². The van der Waals surface area contributed by atoms with Crippen LogP contribution in [-0.4, -0.2) is 19.6 Å². The second-order valence-corrected chi connectivity index (χ2v) is 3.92. The summed E-state index contributed by atoms with van der Waals surface area (Å²) in [5.74, 6) is 0. The van der Waals surface area contributed by atoms with E-state index in [4.69, 9.17) is 0 Å². The fraction of sp³-hybridized carbons (Fsp3) is 0.500. The Morgan fingerprint density at radius 3 is 2.92 bits per heavy atom. The lowest BCUT2D eigenvalue weighted by Crippen LogP contribution is -2.42. The smallest absolute Gasteiger partial charge is 0.176 e. The largest absolute Gasteiger partial charge is 0.314 e. The first-order valence-corrected chi connectivity index (χ1v) is 4.87. The highest BCUT2D eigenvalue weighted by molar-refractivity contribution is 7.10. The van der Waals surface area contributed by atoms with Gasteiger partial charge in [-0.25, -0.2) is 0 Å². The van der Waals surface area contributed by atoms with Gasteiger partial charge in [0.25, 0.3) is 0 Å². The SMILES string of the molecule is Fc1ccc(C2CNCCN2)s1. The molecule has 2 rings (SSSR count). The maximum atomic E-state index is 12.7. The summed E-state index contributed by atoms with van der Waals surface area (Å²) < 4.78 is 12.7. The average Bonchev–Trinajstić information content (AvgIpc) is 2.54. The van der Waals surface area contributed by atoms with Gasteiger partial charge in [-0.1, -0.05) is 0 Å². The summed E-state index contributed by atoms with van der Waals surface area (Å²) in [4.78, 5) is 1.08. The van der Waals surface area contributed by atoms with Crippen LogP contribution in [0.4, 0.5) is 4.39 Å². The fourth-order valence-corrected chi connectivity index (χ4v) is 2.18. The minimum absolute atomic E-state index is 0.0997. The third kappa shape index (κ3) is 1.65. The summed E-state index contributed by atoms with van der Waals surface area (Å²) in [5.41, 5.74) is 0. The van der Waals surface area contributed by atoms with Crippen LogP contribution in [0.2, 0.25) is 0 Å². The van der Waals surface area contributed by atoms with Gasteiger partial charge in [0.1, 0.15) is 0 Å². The molecule has 1 aliphatic heterocycles. The molecule has 1 aromatic heterocycles. The molecule has 1 fully saturated rings. The van der Waals surface area contributed by atoms with Crippen molar-refractivity contribution in [3.8, 4) is 0 Å². The molecule has 0 amide bonds. The number of thiophene rings is 1. The fourth-order valence-electron chi connectivity index (χ4n) is 1.37. The molecule has 66 valence electrons. The van der Waals surface area contributed by atoms with Gasteiger partial charge in [-0.3, -0.25) is 0 Å². The molecule has 2 heterocycles. The predicted octanol–water partition coefficient (Wildman–Crippen LogP) is 1.12. The van der Waals surface area contributed by atoms with E-state index >= 15 is 0 Å². The molecule has 2 nitrogen and oxygen atoms in total. The second-order valence-electron chi connectivity index (χ2n) is 2.85. The van der Waals surface area contributed by atoms with Crippen LogP contribution in [0.1, 0.15) is 10.9 Å². The minimum Gasteiger partial charge on any atom is -0.314 e. The molecule has 1 unspecified atom stereocenters. The van der Waals surface area contributed by atoms with E-state index in [-0.39, 0.29) is 5.13 Å². The van der Waals surface area contributed by atoms with Gasteiger partial charge in [0.05, 0.1) is 6.04 Å². The lowest BCUT2D eigenvalue weighted by Gasteiger charge is -2.23. The zero-order valence-corrected chi connectivity index (χ0v) is 7.46. The van der Waals surface area contributed by atoms with Gasteiger partial charge < -0.3 is 10.6 Å². The molecule has 0 bridgehead atoms. The van der Waals surface area contributed by atoms with Crippen LogP contribution in [0, 0.1) is 5.13 Å². The molecule has 0 radical (unpaired) electrons. The number of piperazine rings is 1. The molecule has 1 atom stereocenters. The summed E-state index contributed by atoms with van der Waals surface area (Å²) in [6, 6.07) is 3.68. The Balaban J connectivity index is 2.08. The Morgan fingerprint density at radius 1 is 1.42 bits per heavy atom. The van der Waals surface area contributed by atoms with Crippen LogP contribution in [0.5, 0.6) is 0 Å². The third-order valence-electron chi connectivity index (χ3n) is 1.98. The van der Waals surface area contributed by atoms with Gasteiger partial charge in [0, 0.05) is 24.5 Å². The van der Waals surface area contributed by atoms with Gasteiger partial charge in [-0.2, -0.15) is 4.39 Å². The van der Waals surface area contributed by atoms with Crippen LogP contribution in [0.15, 0.2) is 12.1 Å². The van der Waals surface area contributed by atoms with E-state index < -0.39 is 0 Å². The molecule has 2 N–H and O–H groups in total. The number of hydrogen-bond acceptors (Lipinski definition) is 3. The van der Waals surface area contributed by atoms with Crippen molar-refractivity contribution in [1.29, 1.82) is 0 Å². The molecule has 0 aromatic carbocycles. The van der Waals surface area contributed by atoms with E-state index in [1.165, 1.54) is 17.4 Å². The monoisotopic (exact) mass is 186 g/mol. The number of nitrogens with one attached hydrogen (secondary N) is 2. The lowest BCUT2D eigenvalue weighted by atomic mass is 10.2. The molecule has 0 aliphatic carbocycles. The summed E-state index contributed by atoms with van der Waals surface area (Å²) >= 11 is 1.23. The van der Waals surface area contributed by atoms with Crippen LogP contribution >= 0.6 is 11.3 Å². The minimum atomic E-state index is -0.0997. The Morgan fingerprint density at radius 2 is 2.33 bits per heavy atom. The predicted molar refractivity (Wildman–Crippen MR) is 47.9 cm³/mol. The summed E-state index contributed by atoms with van der Waals surface area (Å²) in [6.07, 6.45) is 0. The van der Waals surface area contributed by atoms with Crippen molar-refractivity contribution in [3.05, 3.63) is 22.1 Å². The van der Waals surface area contributed by atoms with Gasteiger partial charge in [0.2, 0.25) is 0 Å². The van der Waals surface area contributed by atoms with Crippen LogP contribution in [-0.2, 0) is 0 Å². The van der Waals surface area contributed by atoms with Gasteiger partial charge in [-0.15, -0.1) is 11.3 Å². The van der Waals surface area contributed by atoms with Crippen molar-refractivity contribution >= 4 is 11.3 Å². The number of hydrogen-bond donors (Lipinski definition) is 2. The van der Waals surface area contributed by atoms with E-state index in [1.807, 2.05) is 6.07 Å². The number of halogens is 1. The zero-order chi connectivity index (χ0) is 8.39. The quantitative estimate of drug-likeness (QED) is 0.687. The standard InChI is InChI=1S/C8H11FN2S/c9-8-2-1-7(12-8)6-5-10-3-4-11-6/h1-2,6,10-11H,3-5H2. The van der Waals surface area contributed by atoms with Crippen molar-refractivity contribution in [1.82, 2.24) is 10.6 Å². The first-order chi connectivity index (χ1) is 5.86. The van der Waals surface area contributed by atoms with Crippen molar-refractivity contribution in [2.24, 2.45) is 0 Å². The van der Waals surface area contributed by atoms with E-state index in [1.54, 1.807) is 0 Å². The molecule has 12 heavy (non-hydrogen) atoms. The maximum absolute atomic E-state index is 12.7. The highest BCUT2D eigenvalue weighted by atomic mass is 32.1. The summed E-state index contributed by atoms with van der Waals surface area (Å²) in [7, 11) is 0. The highest BCUT2D eigenvalue weighted by Gasteiger charge is 2.15. The summed E-state index contributed by atoms with van der Waals surface area (Å²) in [5, 5.41) is 6.49. The molecule has 1 saturated heterocycles. The molecule has 1 aromatic rings.